The zero-order chi connectivity index (χ0) is 13.9. The molecule has 0 aliphatic heterocycles. The summed E-state index contributed by atoms with van der Waals surface area (Å²) in [5.74, 6) is 0. The zero-order valence-corrected chi connectivity index (χ0v) is 11.6. The first kappa shape index (κ1) is 12.6. The van der Waals surface area contributed by atoms with E-state index in [1.165, 1.54) is 18.4 Å². The molecule has 3 aromatic rings. The fraction of sp³-hybridized carbons (Fsp3) is 0.0667. The summed E-state index contributed by atoms with van der Waals surface area (Å²) in [6.45, 7) is 0. The number of aromatic amines is 1. The standard InChI is InChI=1S/C15H12N2O2S/c1-19-17-14(10-5-3-2-4-6-10)11-7-8-12-13(9-11)20-15(18)16-12/h2-9H,1H3,(H,16,18)/b17-14+. The molecule has 1 heterocycles. The van der Waals surface area contributed by atoms with Crippen LogP contribution in [0.25, 0.3) is 10.2 Å². The van der Waals surface area contributed by atoms with E-state index in [0.717, 1.165) is 27.1 Å². The van der Waals surface area contributed by atoms with Gasteiger partial charge in [-0.3, -0.25) is 4.79 Å². The van der Waals surface area contributed by atoms with Gasteiger partial charge in [0.2, 0.25) is 0 Å². The van der Waals surface area contributed by atoms with Crippen LogP contribution < -0.4 is 4.87 Å². The van der Waals surface area contributed by atoms with Gasteiger partial charge in [0, 0.05) is 11.1 Å². The maximum Gasteiger partial charge on any atom is 0.305 e. The summed E-state index contributed by atoms with van der Waals surface area (Å²) in [6, 6.07) is 15.6. The average Bonchev–Trinajstić information content (AvgIpc) is 2.84. The molecule has 1 aromatic heterocycles. The van der Waals surface area contributed by atoms with Crippen molar-refractivity contribution in [3.63, 3.8) is 0 Å². The molecule has 0 aliphatic rings. The van der Waals surface area contributed by atoms with Gasteiger partial charge in [0.1, 0.15) is 12.8 Å². The summed E-state index contributed by atoms with van der Waals surface area (Å²) in [5.41, 5.74) is 3.47. The van der Waals surface area contributed by atoms with Crippen LogP contribution in [0, 0.1) is 0 Å². The quantitative estimate of drug-likeness (QED) is 0.594. The Morgan fingerprint density at radius 3 is 2.70 bits per heavy atom. The van der Waals surface area contributed by atoms with Crippen LogP contribution in [0.15, 0.2) is 58.5 Å². The minimum Gasteiger partial charge on any atom is -0.399 e. The number of rotatable bonds is 3. The lowest BCUT2D eigenvalue weighted by molar-refractivity contribution is 0.214. The topological polar surface area (TPSA) is 54.4 Å². The molecule has 0 radical (unpaired) electrons. The van der Waals surface area contributed by atoms with Gasteiger partial charge in [0.05, 0.1) is 10.2 Å². The zero-order valence-electron chi connectivity index (χ0n) is 10.8. The van der Waals surface area contributed by atoms with E-state index in [4.69, 9.17) is 4.84 Å². The largest absolute Gasteiger partial charge is 0.399 e. The van der Waals surface area contributed by atoms with Crippen LogP contribution in [0.5, 0.6) is 0 Å². The molecule has 5 heteroatoms. The van der Waals surface area contributed by atoms with Gasteiger partial charge in [-0.1, -0.05) is 52.9 Å². The molecule has 0 amide bonds. The third-order valence-electron chi connectivity index (χ3n) is 2.92. The Morgan fingerprint density at radius 2 is 1.95 bits per heavy atom. The lowest BCUT2D eigenvalue weighted by Crippen LogP contribution is -2.03. The van der Waals surface area contributed by atoms with Crippen LogP contribution >= 0.6 is 11.3 Å². The number of hydrogen-bond acceptors (Lipinski definition) is 4. The molecule has 2 aromatic carbocycles. The fourth-order valence-corrected chi connectivity index (χ4v) is 2.83. The van der Waals surface area contributed by atoms with Crippen molar-refractivity contribution in [2.24, 2.45) is 5.16 Å². The molecule has 1 N–H and O–H groups in total. The predicted molar refractivity (Wildman–Crippen MR) is 81.5 cm³/mol. The van der Waals surface area contributed by atoms with E-state index in [1.54, 1.807) is 0 Å². The Kier molecular flexibility index (Phi) is 3.35. The van der Waals surface area contributed by atoms with Gasteiger partial charge < -0.3 is 9.82 Å². The van der Waals surface area contributed by atoms with Crippen molar-refractivity contribution in [2.45, 2.75) is 0 Å². The van der Waals surface area contributed by atoms with E-state index in [0.29, 0.717) is 0 Å². The first-order chi connectivity index (χ1) is 9.78. The van der Waals surface area contributed by atoms with Gasteiger partial charge in [-0.25, -0.2) is 0 Å². The van der Waals surface area contributed by atoms with E-state index in [2.05, 4.69) is 10.1 Å². The molecule has 0 unspecified atom stereocenters. The Balaban J connectivity index is 2.15. The monoisotopic (exact) mass is 284 g/mol. The summed E-state index contributed by atoms with van der Waals surface area (Å²) in [4.78, 5) is 19.1. The van der Waals surface area contributed by atoms with Crippen molar-refractivity contribution < 1.29 is 4.84 Å². The maximum atomic E-state index is 11.4. The first-order valence-corrected chi connectivity index (χ1v) is 6.89. The molecule has 0 atom stereocenters. The molecule has 0 spiro atoms. The normalized spacial score (nSPS) is 11.8. The number of thiazole rings is 1. The van der Waals surface area contributed by atoms with E-state index in [9.17, 15) is 4.79 Å². The smallest absolute Gasteiger partial charge is 0.305 e. The lowest BCUT2D eigenvalue weighted by atomic mass is 10.0. The van der Waals surface area contributed by atoms with Crippen molar-refractivity contribution in [1.29, 1.82) is 0 Å². The number of nitrogens with zero attached hydrogens (tertiary/aromatic N) is 1. The van der Waals surface area contributed by atoms with Crippen LogP contribution in [0.2, 0.25) is 0 Å². The summed E-state index contributed by atoms with van der Waals surface area (Å²) < 4.78 is 0.909. The lowest BCUT2D eigenvalue weighted by Gasteiger charge is -2.06. The summed E-state index contributed by atoms with van der Waals surface area (Å²) in [5, 5.41) is 4.11. The van der Waals surface area contributed by atoms with Crippen LogP contribution in [0.4, 0.5) is 0 Å². The number of oxime groups is 1. The second-order valence-electron chi connectivity index (χ2n) is 4.21. The summed E-state index contributed by atoms with van der Waals surface area (Å²) in [6.07, 6.45) is 0. The van der Waals surface area contributed by atoms with E-state index >= 15 is 0 Å². The van der Waals surface area contributed by atoms with E-state index < -0.39 is 0 Å². The predicted octanol–water partition coefficient (Wildman–Crippen LogP) is 2.99. The number of nitrogens with one attached hydrogen (secondary N) is 1. The van der Waals surface area contributed by atoms with Gasteiger partial charge in [0.25, 0.3) is 0 Å². The molecular weight excluding hydrogens is 272 g/mol. The number of H-pyrrole nitrogens is 1. The van der Waals surface area contributed by atoms with Gasteiger partial charge in [-0.2, -0.15) is 0 Å². The molecule has 4 nitrogen and oxygen atoms in total. The Labute approximate surface area is 119 Å². The number of hydrogen-bond donors (Lipinski definition) is 1. The average molecular weight is 284 g/mol. The van der Waals surface area contributed by atoms with E-state index in [1.807, 2.05) is 48.5 Å². The molecule has 0 saturated heterocycles. The molecule has 3 rings (SSSR count). The minimum absolute atomic E-state index is 0.0536. The molecule has 0 fully saturated rings. The Bertz CT molecular complexity index is 819. The highest BCUT2D eigenvalue weighted by molar-refractivity contribution is 7.16. The molecule has 100 valence electrons. The van der Waals surface area contributed by atoms with Crippen LogP contribution in [0.3, 0.4) is 0 Å². The first-order valence-electron chi connectivity index (χ1n) is 6.08. The minimum atomic E-state index is -0.0536. The molecule has 0 saturated carbocycles. The summed E-state index contributed by atoms with van der Waals surface area (Å²) >= 11 is 1.19. The van der Waals surface area contributed by atoms with Gasteiger partial charge in [-0.15, -0.1) is 0 Å². The van der Waals surface area contributed by atoms with Crippen molar-refractivity contribution in [1.82, 2.24) is 4.98 Å². The highest BCUT2D eigenvalue weighted by Crippen LogP contribution is 2.19. The summed E-state index contributed by atoms with van der Waals surface area (Å²) in [7, 11) is 1.52. The van der Waals surface area contributed by atoms with Crippen molar-refractivity contribution >= 4 is 27.3 Å². The third kappa shape index (κ3) is 2.35. The number of fused-ring (bicyclic) bond motifs is 1. The van der Waals surface area contributed by atoms with Crippen LogP contribution in [-0.2, 0) is 4.84 Å². The maximum absolute atomic E-state index is 11.4. The highest BCUT2D eigenvalue weighted by Gasteiger charge is 2.09. The van der Waals surface area contributed by atoms with Crippen molar-refractivity contribution in [3.05, 3.63) is 69.3 Å². The Morgan fingerprint density at radius 1 is 1.15 bits per heavy atom. The number of aromatic nitrogens is 1. The number of benzene rings is 2. The van der Waals surface area contributed by atoms with E-state index in [-0.39, 0.29) is 4.87 Å². The molecule has 0 bridgehead atoms. The van der Waals surface area contributed by atoms with Gasteiger partial charge in [0.15, 0.2) is 0 Å². The second-order valence-corrected chi connectivity index (χ2v) is 5.23. The second kappa shape index (κ2) is 5.30. The van der Waals surface area contributed by atoms with Crippen LogP contribution in [0.1, 0.15) is 11.1 Å². The van der Waals surface area contributed by atoms with Crippen molar-refractivity contribution in [2.75, 3.05) is 7.11 Å². The molecular formula is C15H12N2O2S. The van der Waals surface area contributed by atoms with Crippen molar-refractivity contribution in [3.8, 4) is 0 Å². The van der Waals surface area contributed by atoms with Gasteiger partial charge >= 0.3 is 4.87 Å². The fourth-order valence-electron chi connectivity index (χ4n) is 2.05. The molecule has 20 heavy (non-hydrogen) atoms. The third-order valence-corrected chi connectivity index (χ3v) is 3.77. The Hall–Kier alpha value is -2.40. The van der Waals surface area contributed by atoms with Crippen LogP contribution in [-0.4, -0.2) is 17.8 Å². The van der Waals surface area contributed by atoms with Gasteiger partial charge in [-0.05, 0) is 12.1 Å². The molecule has 0 aliphatic carbocycles. The SMILES string of the molecule is CO/N=C(\c1ccccc1)c1ccc2[nH]c(=O)sc2c1. The highest BCUT2D eigenvalue weighted by atomic mass is 32.1.